The van der Waals surface area contributed by atoms with Crippen LogP contribution in [0, 0.1) is 0 Å². The minimum Gasteiger partial charge on any atom is -0.428 e. The molecule has 0 spiro atoms. The lowest BCUT2D eigenvalue weighted by Crippen LogP contribution is -2.51. The zero-order chi connectivity index (χ0) is 9.42. The normalized spacial score (nSPS) is 28.8. The SMILES string of the molecule is CC1CC(C)N1Cc1cnc(N)o1. The summed E-state index contributed by atoms with van der Waals surface area (Å²) in [5, 5.41) is 0. The first-order valence-electron chi connectivity index (χ1n) is 4.62. The second kappa shape index (κ2) is 3.03. The number of nitrogen functional groups attached to an aromatic ring is 1. The van der Waals surface area contributed by atoms with Crippen molar-refractivity contribution < 1.29 is 4.42 Å². The molecule has 4 heteroatoms. The number of oxazole rings is 1. The van der Waals surface area contributed by atoms with Crippen LogP contribution in [-0.4, -0.2) is 22.0 Å². The van der Waals surface area contributed by atoms with Crippen LogP contribution in [0.1, 0.15) is 26.0 Å². The van der Waals surface area contributed by atoms with Crippen molar-refractivity contribution in [1.82, 2.24) is 9.88 Å². The zero-order valence-electron chi connectivity index (χ0n) is 8.03. The molecule has 1 aliphatic rings. The summed E-state index contributed by atoms with van der Waals surface area (Å²) < 4.78 is 5.21. The molecule has 1 aliphatic heterocycles. The maximum absolute atomic E-state index is 5.39. The van der Waals surface area contributed by atoms with Crippen molar-refractivity contribution in [2.45, 2.75) is 38.9 Å². The third-order valence-corrected chi connectivity index (χ3v) is 2.72. The Hall–Kier alpha value is -1.03. The quantitative estimate of drug-likeness (QED) is 0.745. The monoisotopic (exact) mass is 181 g/mol. The van der Waals surface area contributed by atoms with E-state index < -0.39 is 0 Å². The van der Waals surface area contributed by atoms with E-state index in [0.717, 1.165) is 12.3 Å². The lowest BCUT2D eigenvalue weighted by Gasteiger charge is -2.44. The van der Waals surface area contributed by atoms with E-state index in [1.807, 2.05) is 0 Å². The molecule has 1 fully saturated rings. The van der Waals surface area contributed by atoms with E-state index in [1.54, 1.807) is 6.20 Å². The first-order valence-corrected chi connectivity index (χ1v) is 4.62. The van der Waals surface area contributed by atoms with Gasteiger partial charge in [0.2, 0.25) is 0 Å². The third-order valence-electron chi connectivity index (χ3n) is 2.72. The van der Waals surface area contributed by atoms with Crippen LogP contribution in [0.25, 0.3) is 0 Å². The van der Waals surface area contributed by atoms with Gasteiger partial charge >= 0.3 is 0 Å². The Balaban J connectivity index is 1.98. The molecule has 2 atom stereocenters. The summed E-state index contributed by atoms with van der Waals surface area (Å²) in [6.45, 7) is 5.27. The molecule has 1 aromatic rings. The fourth-order valence-electron chi connectivity index (χ4n) is 1.95. The zero-order valence-corrected chi connectivity index (χ0v) is 8.03. The molecule has 0 amide bonds. The Morgan fingerprint density at radius 3 is 2.77 bits per heavy atom. The van der Waals surface area contributed by atoms with Crippen molar-refractivity contribution in [2.75, 3.05) is 5.73 Å². The highest BCUT2D eigenvalue weighted by Crippen LogP contribution is 2.27. The summed E-state index contributed by atoms with van der Waals surface area (Å²) in [6.07, 6.45) is 2.97. The van der Waals surface area contributed by atoms with Gasteiger partial charge in [-0.1, -0.05) is 0 Å². The van der Waals surface area contributed by atoms with E-state index in [4.69, 9.17) is 10.2 Å². The number of likely N-dealkylation sites (tertiary alicyclic amines) is 1. The number of hydrogen-bond donors (Lipinski definition) is 1. The predicted octanol–water partition coefficient (Wildman–Crippen LogP) is 1.24. The van der Waals surface area contributed by atoms with Crippen LogP contribution in [0.5, 0.6) is 0 Å². The van der Waals surface area contributed by atoms with Crippen molar-refractivity contribution >= 4 is 6.01 Å². The molecule has 4 nitrogen and oxygen atoms in total. The van der Waals surface area contributed by atoms with Gasteiger partial charge in [-0.2, -0.15) is 0 Å². The van der Waals surface area contributed by atoms with Gasteiger partial charge < -0.3 is 10.2 Å². The number of anilines is 1. The van der Waals surface area contributed by atoms with Gasteiger partial charge in [0.25, 0.3) is 6.01 Å². The Bertz CT molecular complexity index is 289. The molecular formula is C9H15N3O. The third kappa shape index (κ3) is 1.54. The second-order valence-electron chi connectivity index (χ2n) is 3.77. The van der Waals surface area contributed by atoms with Gasteiger partial charge in [-0.15, -0.1) is 0 Å². The van der Waals surface area contributed by atoms with Crippen LogP contribution in [-0.2, 0) is 6.54 Å². The molecule has 0 bridgehead atoms. The maximum Gasteiger partial charge on any atom is 0.292 e. The molecule has 1 aromatic heterocycles. The van der Waals surface area contributed by atoms with Crippen LogP contribution in [0.4, 0.5) is 6.01 Å². The summed E-state index contributed by atoms with van der Waals surface area (Å²) in [5.74, 6) is 0.857. The fourth-order valence-corrected chi connectivity index (χ4v) is 1.95. The van der Waals surface area contributed by atoms with Gasteiger partial charge in [-0.05, 0) is 20.3 Å². The highest BCUT2D eigenvalue weighted by Gasteiger charge is 2.31. The standard InChI is InChI=1S/C9H15N3O/c1-6-3-7(2)12(6)5-8-4-11-9(10)13-8/h4,6-7H,3,5H2,1-2H3,(H2,10,11). The summed E-state index contributed by atoms with van der Waals surface area (Å²) in [5.41, 5.74) is 5.39. The lowest BCUT2D eigenvalue weighted by atomic mass is 9.96. The van der Waals surface area contributed by atoms with Crippen LogP contribution in [0.2, 0.25) is 0 Å². The highest BCUT2D eigenvalue weighted by atomic mass is 16.4. The molecule has 1 saturated heterocycles. The Labute approximate surface area is 77.7 Å². The second-order valence-corrected chi connectivity index (χ2v) is 3.77. The Morgan fingerprint density at radius 1 is 1.62 bits per heavy atom. The maximum atomic E-state index is 5.39. The van der Waals surface area contributed by atoms with E-state index >= 15 is 0 Å². The molecule has 2 unspecified atom stereocenters. The lowest BCUT2D eigenvalue weighted by molar-refractivity contribution is 0.0235. The fraction of sp³-hybridized carbons (Fsp3) is 0.667. The molecule has 2 rings (SSSR count). The summed E-state index contributed by atoms with van der Waals surface area (Å²) in [6, 6.07) is 1.57. The first-order chi connectivity index (χ1) is 6.16. The minimum atomic E-state index is 0.260. The Kier molecular flexibility index (Phi) is 2.00. The van der Waals surface area contributed by atoms with Crippen LogP contribution >= 0.6 is 0 Å². The number of aromatic nitrogens is 1. The van der Waals surface area contributed by atoms with Gasteiger partial charge in [0.15, 0.2) is 0 Å². The van der Waals surface area contributed by atoms with Crippen molar-refractivity contribution in [1.29, 1.82) is 0 Å². The van der Waals surface area contributed by atoms with Crippen LogP contribution < -0.4 is 5.73 Å². The molecule has 2 heterocycles. The number of nitrogens with two attached hydrogens (primary N) is 1. The molecule has 13 heavy (non-hydrogen) atoms. The van der Waals surface area contributed by atoms with Gasteiger partial charge in [0.05, 0.1) is 12.7 Å². The number of nitrogens with zero attached hydrogens (tertiary/aromatic N) is 2. The first kappa shape index (κ1) is 8.56. The van der Waals surface area contributed by atoms with Gasteiger partial charge in [-0.25, -0.2) is 4.98 Å². The topological polar surface area (TPSA) is 55.3 Å². The van der Waals surface area contributed by atoms with E-state index in [1.165, 1.54) is 6.42 Å². The van der Waals surface area contributed by atoms with Crippen LogP contribution in [0.15, 0.2) is 10.6 Å². The number of rotatable bonds is 2. The molecule has 0 radical (unpaired) electrons. The molecular weight excluding hydrogens is 166 g/mol. The smallest absolute Gasteiger partial charge is 0.292 e. The average Bonchev–Trinajstić information content (AvgIpc) is 2.48. The minimum absolute atomic E-state index is 0.260. The van der Waals surface area contributed by atoms with Crippen LogP contribution in [0.3, 0.4) is 0 Å². The van der Waals surface area contributed by atoms with E-state index in [-0.39, 0.29) is 6.01 Å². The Morgan fingerprint density at radius 2 is 2.31 bits per heavy atom. The van der Waals surface area contributed by atoms with Gasteiger partial charge in [0, 0.05) is 12.1 Å². The number of hydrogen-bond acceptors (Lipinski definition) is 4. The molecule has 0 saturated carbocycles. The molecule has 72 valence electrons. The molecule has 0 aliphatic carbocycles. The van der Waals surface area contributed by atoms with E-state index in [9.17, 15) is 0 Å². The van der Waals surface area contributed by atoms with Gasteiger partial charge in [-0.3, -0.25) is 4.90 Å². The van der Waals surface area contributed by atoms with Crippen molar-refractivity contribution in [2.24, 2.45) is 0 Å². The van der Waals surface area contributed by atoms with E-state index in [2.05, 4.69) is 23.7 Å². The van der Waals surface area contributed by atoms with Crippen molar-refractivity contribution in [3.63, 3.8) is 0 Å². The van der Waals surface area contributed by atoms with Gasteiger partial charge in [0.1, 0.15) is 5.76 Å². The summed E-state index contributed by atoms with van der Waals surface area (Å²) in [7, 11) is 0. The molecule has 0 aromatic carbocycles. The largest absolute Gasteiger partial charge is 0.428 e. The average molecular weight is 181 g/mol. The summed E-state index contributed by atoms with van der Waals surface area (Å²) >= 11 is 0. The molecule has 2 N–H and O–H groups in total. The summed E-state index contributed by atoms with van der Waals surface area (Å²) in [4.78, 5) is 6.24. The van der Waals surface area contributed by atoms with Crippen molar-refractivity contribution in [3.8, 4) is 0 Å². The van der Waals surface area contributed by atoms with E-state index in [0.29, 0.717) is 12.1 Å². The van der Waals surface area contributed by atoms with Crippen molar-refractivity contribution in [3.05, 3.63) is 12.0 Å². The predicted molar refractivity (Wildman–Crippen MR) is 50.0 cm³/mol. The highest BCUT2D eigenvalue weighted by molar-refractivity contribution is 5.11.